The number of carbonyl (C=O) groups excluding carboxylic acids is 6. The van der Waals surface area contributed by atoms with Crippen LogP contribution in [0.1, 0.15) is 241 Å². The minimum atomic E-state index is -1.55. The van der Waals surface area contributed by atoms with Gasteiger partial charge in [-0.05, 0) is 58.0 Å². The van der Waals surface area contributed by atoms with Gasteiger partial charge in [0.15, 0.2) is 0 Å². The monoisotopic (exact) mass is 1140 g/mol. The molecule has 0 rings (SSSR count). The summed E-state index contributed by atoms with van der Waals surface area (Å²) in [7, 11) is 0. The molecule has 18 heteroatoms. The van der Waals surface area contributed by atoms with E-state index in [4.69, 9.17) is 0 Å². The van der Waals surface area contributed by atoms with Crippen LogP contribution in [0.15, 0.2) is 0 Å². The largest absolute Gasteiger partial charge is 0.395 e. The highest BCUT2D eigenvalue weighted by Gasteiger charge is 2.26. The van der Waals surface area contributed by atoms with Crippen molar-refractivity contribution in [3.05, 3.63) is 0 Å². The van der Waals surface area contributed by atoms with Crippen LogP contribution in [0.4, 0.5) is 0 Å². The Morgan fingerprint density at radius 2 is 0.525 bits per heavy atom. The highest BCUT2D eigenvalue weighted by molar-refractivity contribution is 5.83. The van der Waals surface area contributed by atoms with E-state index >= 15 is 0 Å². The number of nitrogens with zero attached hydrogens (tertiary/aromatic N) is 2. The summed E-state index contributed by atoms with van der Waals surface area (Å²) >= 11 is 0. The van der Waals surface area contributed by atoms with Crippen LogP contribution in [0.25, 0.3) is 0 Å². The van der Waals surface area contributed by atoms with E-state index in [0.29, 0.717) is 6.42 Å². The van der Waals surface area contributed by atoms with Crippen molar-refractivity contribution in [2.24, 2.45) is 17.8 Å². The second-order valence-corrected chi connectivity index (χ2v) is 22.6. The molecule has 3 atom stereocenters. The fourth-order valence-corrected chi connectivity index (χ4v) is 10.2. The molecule has 0 aliphatic heterocycles. The average molecular weight is 1140 g/mol. The Kier molecular flexibility index (Phi) is 51.3. The van der Waals surface area contributed by atoms with E-state index < -0.39 is 36.0 Å². The van der Waals surface area contributed by atoms with Crippen molar-refractivity contribution in [3.8, 4) is 0 Å². The van der Waals surface area contributed by atoms with Gasteiger partial charge in [-0.3, -0.25) is 38.6 Å². The van der Waals surface area contributed by atoms with Gasteiger partial charge in [-0.15, -0.1) is 0 Å². The Morgan fingerprint density at radius 3 is 0.762 bits per heavy atom. The first kappa shape index (κ1) is 76.6. The van der Waals surface area contributed by atoms with Gasteiger partial charge in [0.25, 0.3) is 0 Å². The van der Waals surface area contributed by atoms with Gasteiger partial charge >= 0.3 is 0 Å². The molecule has 80 heavy (non-hydrogen) atoms. The molecule has 0 bridgehead atoms. The maximum absolute atomic E-state index is 13.3. The van der Waals surface area contributed by atoms with E-state index in [1.54, 1.807) is 9.80 Å². The predicted octanol–water partition coefficient (Wildman–Crippen LogP) is 7.42. The van der Waals surface area contributed by atoms with Crippen LogP contribution < -0.4 is 31.9 Å². The van der Waals surface area contributed by atoms with Gasteiger partial charge in [-0.2, -0.15) is 0 Å². The molecule has 0 aromatic carbocycles. The lowest BCUT2D eigenvalue weighted by Gasteiger charge is -2.29. The summed E-state index contributed by atoms with van der Waals surface area (Å²) in [6.45, 7) is 13.7. The number of hydrogen-bond donors (Lipinski definition) is 10. The van der Waals surface area contributed by atoms with Crippen molar-refractivity contribution in [3.63, 3.8) is 0 Å². The molecule has 3 unspecified atom stereocenters. The second-order valence-electron chi connectivity index (χ2n) is 22.6. The third-order valence-electron chi connectivity index (χ3n) is 15.3. The fraction of sp³-hybridized carbons (Fsp3) is 0.903. The minimum Gasteiger partial charge on any atom is -0.395 e. The van der Waals surface area contributed by atoms with Crippen molar-refractivity contribution in [2.75, 3.05) is 85.1 Å². The number of aliphatic hydroxyl groups is 4. The molecule has 0 aliphatic rings. The highest BCUT2D eigenvalue weighted by Crippen LogP contribution is 2.21. The van der Waals surface area contributed by atoms with Crippen LogP contribution in [-0.2, 0) is 28.8 Å². The highest BCUT2D eigenvalue weighted by atomic mass is 16.3. The van der Waals surface area contributed by atoms with Crippen LogP contribution in [0.2, 0.25) is 0 Å². The number of amides is 6. The van der Waals surface area contributed by atoms with Crippen LogP contribution in [0, 0.1) is 17.8 Å². The van der Waals surface area contributed by atoms with Gasteiger partial charge < -0.3 is 52.3 Å². The molecule has 0 saturated heterocycles. The van der Waals surface area contributed by atoms with Crippen molar-refractivity contribution in [1.82, 2.24) is 41.7 Å². The third-order valence-corrected chi connectivity index (χ3v) is 15.3. The summed E-state index contributed by atoms with van der Waals surface area (Å²) in [6.07, 6.45) is 26.9. The van der Waals surface area contributed by atoms with E-state index in [1.165, 1.54) is 0 Å². The summed E-state index contributed by atoms with van der Waals surface area (Å²) < 4.78 is 0. The molecule has 0 radical (unpaired) electrons. The summed E-state index contributed by atoms with van der Waals surface area (Å²) in [5, 5.41) is 60.2. The summed E-state index contributed by atoms with van der Waals surface area (Å²) in [5.41, 5.74) is 0. The van der Waals surface area contributed by atoms with Crippen molar-refractivity contribution in [1.29, 1.82) is 0 Å². The van der Waals surface area contributed by atoms with Crippen LogP contribution >= 0.6 is 0 Å². The van der Waals surface area contributed by atoms with Gasteiger partial charge in [-0.25, -0.2) is 0 Å². The molecule has 470 valence electrons. The Bertz CT molecular complexity index is 1440. The van der Waals surface area contributed by atoms with Gasteiger partial charge in [0.05, 0.1) is 6.61 Å². The molecule has 0 heterocycles. The van der Waals surface area contributed by atoms with Gasteiger partial charge in [0.2, 0.25) is 35.4 Å². The number of rotatable bonds is 57. The molecule has 0 fully saturated rings. The van der Waals surface area contributed by atoms with Crippen molar-refractivity contribution in [2.45, 2.75) is 259 Å². The quantitative estimate of drug-likeness (QED) is 0.0267. The first-order valence-corrected chi connectivity index (χ1v) is 32.5. The van der Waals surface area contributed by atoms with Crippen LogP contribution in [-0.4, -0.2) is 169 Å². The average Bonchev–Trinajstić information content (AvgIpc) is 3.44. The number of aliphatic hydroxyl groups excluding tert-OH is 4. The SMILES string of the molecule is CCCCCCC(CCCCCC)C(=O)NCCNC(=O)C(O)CN(CCO)CCCN(CC(O)C(=O)NCCNC(=O)C(CCCCCC)CCCCCC)CC(O)C(=O)NCCNC(=O)C(CCCCCC)CCCCCC. The number of nitrogens with one attached hydrogen (secondary N) is 6. The Balaban J connectivity index is 5.73. The van der Waals surface area contributed by atoms with Gasteiger partial charge in [0, 0.05) is 83.2 Å². The zero-order valence-corrected chi connectivity index (χ0v) is 51.7. The molecule has 6 amide bonds. The first-order chi connectivity index (χ1) is 38.7. The molecule has 10 N–H and O–H groups in total. The lowest BCUT2D eigenvalue weighted by atomic mass is 9.93. The molecular weight excluding hydrogens is 1020 g/mol. The van der Waals surface area contributed by atoms with E-state index in [2.05, 4.69) is 73.4 Å². The zero-order chi connectivity index (χ0) is 59.4. The van der Waals surface area contributed by atoms with Crippen LogP contribution in [0.3, 0.4) is 0 Å². The van der Waals surface area contributed by atoms with Crippen molar-refractivity contribution < 1.29 is 49.2 Å². The fourth-order valence-electron chi connectivity index (χ4n) is 10.2. The van der Waals surface area contributed by atoms with Crippen LogP contribution in [0.5, 0.6) is 0 Å². The zero-order valence-electron chi connectivity index (χ0n) is 51.7. The van der Waals surface area contributed by atoms with E-state index in [9.17, 15) is 49.2 Å². The molecule has 0 spiro atoms. The Hall–Kier alpha value is -3.42. The summed E-state index contributed by atoms with van der Waals surface area (Å²) in [6, 6.07) is 0. The number of carbonyl (C=O) groups is 6. The Morgan fingerprint density at radius 1 is 0.300 bits per heavy atom. The molecule has 0 aromatic heterocycles. The normalized spacial score (nSPS) is 12.8. The number of hydrogen-bond acceptors (Lipinski definition) is 12. The Labute approximate surface area is 486 Å². The third kappa shape index (κ3) is 41.5. The first-order valence-electron chi connectivity index (χ1n) is 32.5. The van der Waals surface area contributed by atoms with Gasteiger partial charge in [-0.1, -0.05) is 196 Å². The summed E-state index contributed by atoms with van der Waals surface area (Å²) in [4.78, 5) is 82.4. The standard InChI is InChI=1S/C62H122N8O10/c1-7-13-19-25-32-51(33-26-20-14-8-2)57(75)63-38-41-66-60(78)54(72)48-69(46-47-71)44-31-45-70(49-55(73)61(79)67-42-39-64-58(76)52(34-27-21-15-9-3)35-28-22-16-10-4)50-56(74)62(80)68-43-40-65-59(77)53(36-29-23-17-11-5)37-30-24-18-12-6/h51-56,71-74H,7-50H2,1-6H3,(H,63,75)(H,64,76)(H,65,77)(H,66,78)(H,67,79)(H,68,80). The van der Waals surface area contributed by atoms with E-state index in [0.717, 1.165) is 193 Å². The molecule has 0 aromatic rings. The summed E-state index contributed by atoms with van der Waals surface area (Å²) in [5.74, 6) is -2.27. The molecule has 0 aliphatic carbocycles. The molecular formula is C62H122N8O10. The van der Waals surface area contributed by atoms with Gasteiger partial charge in [0.1, 0.15) is 18.3 Å². The van der Waals surface area contributed by atoms with Crippen molar-refractivity contribution >= 4 is 35.4 Å². The smallest absolute Gasteiger partial charge is 0.250 e. The predicted molar refractivity (Wildman–Crippen MR) is 324 cm³/mol. The number of unbranched alkanes of at least 4 members (excludes halogenated alkanes) is 18. The van der Waals surface area contributed by atoms with E-state index in [-0.39, 0.29) is 121 Å². The maximum atomic E-state index is 13.3. The van der Waals surface area contributed by atoms with E-state index in [1.807, 2.05) is 0 Å². The lowest BCUT2D eigenvalue weighted by Crippen LogP contribution is -2.50. The topological polar surface area (TPSA) is 262 Å². The lowest BCUT2D eigenvalue weighted by molar-refractivity contribution is -0.133. The molecule has 18 nitrogen and oxygen atoms in total. The molecule has 0 saturated carbocycles. The maximum Gasteiger partial charge on any atom is 0.250 e. The second kappa shape index (κ2) is 53.6. The minimum absolute atomic E-state index is 0.00635.